The zero-order valence-electron chi connectivity index (χ0n) is 21.1. The van der Waals surface area contributed by atoms with Gasteiger partial charge in [-0.3, -0.25) is 9.59 Å². The van der Waals surface area contributed by atoms with Gasteiger partial charge in [0.25, 0.3) is 0 Å². The largest absolute Gasteiger partial charge is 0.350 e. The molecule has 2 atom stereocenters. The zero-order valence-corrected chi connectivity index (χ0v) is 21.1. The molecule has 35 heavy (non-hydrogen) atoms. The van der Waals surface area contributed by atoms with Gasteiger partial charge in [-0.2, -0.15) is 0 Å². The number of nitrogens with one attached hydrogen (secondary N) is 3. The summed E-state index contributed by atoms with van der Waals surface area (Å²) in [5.74, 6) is 0.325. The normalized spacial score (nSPS) is 15.8. The van der Waals surface area contributed by atoms with Crippen LogP contribution in [0.3, 0.4) is 0 Å². The quantitative estimate of drug-likeness (QED) is 0.352. The van der Waals surface area contributed by atoms with E-state index in [1.165, 1.54) is 32.1 Å². The molecule has 2 amide bonds. The van der Waals surface area contributed by atoms with E-state index in [0.717, 1.165) is 36.1 Å². The third-order valence-electron chi connectivity index (χ3n) is 6.89. The summed E-state index contributed by atoms with van der Waals surface area (Å²) in [5.41, 5.74) is 8.75. The fourth-order valence-corrected chi connectivity index (χ4v) is 4.79. The Kier molecular flexibility index (Phi) is 11.3. The van der Waals surface area contributed by atoms with E-state index < -0.39 is 6.04 Å². The van der Waals surface area contributed by atoms with E-state index in [0.29, 0.717) is 25.4 Å². The Labute approximate surface area is 210 Å². The maximum absolute atomic E-state index is 13.4. The number of nitrogens with two attached hydrogens (primary N) is 1. The molecular weight excluding hydrogens is 436 g/mol. The van der Waals surface area contributed by atoms with Gasteiger partial charge in [0, 0.05) is 19.5 Å². The van der Waals surface area contributed by atoms with Crippen molar-refractivity contribution in [3.8, 4) is 0 Å². The molecule has 5 N–H and O–H groups in total. The lowest BCUT2D eigenvalue weighted by molar-refractivity contribution is -0.130. The Bertz CT molecular complexity index is 895. The summed E-state index contributed by atoms with van der Waals surface area (Å²) in [5, 5.41) is 9.55. The van der Waals surface area contributed by atoms with Crippen molar-refractivity contribution in [2.75, 3.05) is 6.54 Å². The lowest BCUT2D eigenvalue weighted by Crippen LogP contribution is -2.54. The van der Waals surface area contributed by atoms with E-state index in [2.05, 4.69) is 22.9 Å². The van der Waals surface area contributed by atoms with E-state index in [1.54, 1.807) is 0 Å². The number of hydrogen-bond acceptors (Lipinski definition) is 4. The summed E-state index contributed by atoms with van der Waals surface area (Å²) < 4.78 is 0. The fraction of sp³-hybridized carbons (Fsp3) is 0.517. The van der Waals surface area contributed by atoms with Gasteiger partial charge in [0.15, 0.2) is 0 Å². The lowest BCUT2D eigenvalue weighted by Gasteiger charge is -2.28. The maximum Gasteiger partial charge on any atom is 0.243 e. The second-order valence-electron chi connectivity index (χ2n) is 9.74. The highest BCUT2D eigenvalue weighted by Gasteiger charge is 2.28. The zero-order chi connectivity index (χ0) is 24.9. The van der Waals surface area contributed by atoms with Crippen LogP contribution in [0, 0.1) is 5.92 Å². The molecule has 3 rings (SSSR count). The number of rotatable bonds is 13. The fourth-order valence-electron chi connectivity index (χ4n) is 4.79. The van der Waals surface area contributed by atoms with Crippen LogP contribution >= 0.6 is 0 Å². The molecule has 190 valence electrons. The molecule has 1 saturated carbocycles. The van der Waals surface area contributed by atoms with Gasteiger partial charge in [0.1, 0.15) is 6.04 Å². The summed E-state index contributed by atoms with van der Waals surface area (Å²) in [6, 6.07) is 16.8. The first-order valence-corrected chi connectivity index (χ1v) is 13.2. The monoisotopic (exact) mass is 478 g/mol. The molecule has 0 bridgehead atoms. The highest BCUT2D eigenvalue weighted by atomic mass is 16.2. The summed E-state index contributed by atoms with van der Waals surface area (Å²) in [4.78, 5) is 26.6. The minimum Gasteiger partial charge on any atom is -0.350 e. The van der Waals surface area contributed by atoms with Gasteiger partial charge >= 0.3 is 0 Å². The van der Waals surface area contributed by atoms with Crippen LogP contribution in [-0.4, -0.2) is 30.4 Å². The summed E-state index contributed by atoms with van der Waals surface area (Å²) in [6.07, 6.45) is 8.42. The SMILES string of the molecule is CCCNC(CC1CCCCC1)C(=O)N[C@@H](Cc1ccccc1)C(=O)NCc1ccc(CN)cc1. The standard InChI is InChI=1S/C29H42N4O2/c1-2-17-31-26(18-22-9-5-3-6-10-22)29(35)33-27(19-23-11-7-4-8-12-23)28(34)32-21-25-15-13-24(20-30)14-16-25/h4,7-8,11-16,22,26-27,31H,2-3,5-6,9-10,17-21,30H2,1H3,(H,32,34)(H,33,35)/t26?,27-/m0/s1. The van der Waals surface area contributed by atoms with Crippen molar-refractivity contribution >= 4 is 11.8 Å². The van der Waals surface area contributed by atoms with Gasteiger partial charge < -0.3 is 21.7 Å². The number of benzene rings is 2. The minimum atomic E-state index is -0.634. The predicted octanol–water partition coefficient (Wildman–Crippen LogP) is 3.83. The van der Waals surface area contributed by atoms with Crippen molar-refractivity contribution in [2.45, 2.75) is 83.5 Å². The summed E-state index contributed by atoms with van der Waals surface area (Å²) >= 11 is 0. The third-order valence-corrected chi connectivity index (χ3v) is 6.89. The van der Waals surface area contributed by atoms with Gasteiger partial charge in [-0.1, -0.05) is 93.6 Å². The van der Waals surface area contributed by atoms with Gasteiger partial charge in [-0.25, -0.2) is 0 Å². The van der Waals surface area contributed by atoms with Crippen molar-refractivity contribution in [1.82, 2.24) is 16.0 Å². The average molecular weight is 479 g/mol. The Morgan fingerprint density at radius 1 is 0.886 bits per heavy atom. The van der Waals surface area contributed by atoms with E-state index in [-0.39, 0.29) is 17.9 Å². The molecule has 1 unspecified atom stereocenters. The Morgan fingerprint density at radius 2 is 1.57 bits per heavy atom. The minimum absolute atomic E-state index is 0.0765. The molecule has 1 aliphatic rings. The van der Waals surface area contributed by atoms with Crippen LogP contribution < -0.4 is 21.7 Å². The molecule has 1 fully saturated rings. The molecule has 6 heteroatoms. The first kappa shape index (κ1) is 26.9. The molecular formula is C29H42N4O2. The van der Waals surface area contributed by atoms with Crippen molar-refractivity contribution in [3.05, 3.63) is 71.3 Å². The lowest BCUT2D eigenvalue weighted by atomic mass is 9.84. The van der Waals surface area contributed by atoms with Crippen LogP contribution in [0.2, 0.25) is 0 Å². The third kappa shape index (κ3) is 9.11. The van der Waals surface area contributed by atoms with Crippen molar-refractivity contribution in [2.24, 2.45) is 11.7 Å². The Morgan fingerprint density at radius 3 is 2.23 bits per heavy atom. The molecule has 2 aromatic carbocycles. The molecule has 0 spiro atoms. The number of carbonyl (C=O) groups is 2. The van der Waals surface area contributed by atoms with Crippen LogP contribution in [0.25, 0.3) is 0 Å². The molecule has 0 saturated heterocycles. The van der Waals surface area contributed by atoms with Crippen molar-refractivity contribution in [3.63, 3.8) is 0 Å². The van der Waals surface area contributed by atoms with Crippen LogP contribution in [0.1, 0.15) is 68.6 Å². The summed E-state index contributed by atoms with van der Waals surface area (Å²) in [7, 11) is 0. The molecule has 1 aliphatic carbocycles. The number of carbonyl (C=O) groups excluding carboxylic acids is 2. The molecule has 0 aromatic heterocycles. The van der Waals surface area contributed by atoms with Gasteiger partial charge in [-0.05, 0) is 42.0 Å². The van der Waals surface area contributed by atoms with Gasteiger partial charge in [0.2, 0.25) is 11.8 Å². The van der Waals surface area contributed by atoms with Crippen molar-refractivity contribution in [1.29, 1.82) is 0 Å². The molecule has 0 heterocycles. The van der Waals surface area contributed by atoms with Crippen LogP contribution in [0.15, 0.2) is 54.6 Å². The highest BCUT2D eigenvalue weighted by molar-refractivity contribution is 5.90. The first-order chi connectivity index (χ1) is 17.1. The van der Waals surface area contributed by atoms with Crippen molar-refractivity contribution < 1.29 is 9.59 Å². The first-order valence-electron chi connectivity index (χ1n) is 13.2. The van der Waals surface area contributed by atoms with Crippen LogP contribution in [0.4, 0.5) is 0 Å². The highest BCUT2D eigenvalue weighted by Crippen LogP contribution is 2.27. The average Bonchev–Trinajstić information content (AvgIpc) is 2.90. The van der Waals surface area contributed by atoms with Crippen LogP contribution in [-0.2, 0) is 29.1 Å². The van der Waals surface area contributed by atoms with E-state index in [9.17, 15) is 9.59 Å². The molecule has 0 radical (unpaired) electrons. The van der Waals surface area contributed by atoms with Gasteiger partial charge in [-0.15, -0.1) is 0 Å². The number of amides is 2. The second kappa shape index (κ2) is 14.6. The van der Waals surface area contributed by atoms with Gasteiger partial charge in [0.05, 0.1) is 6.04 Å². The van der Waals surface area contributed by atoms with E-state index >= 15 is 0 Å². The predicted molar refractivity (Wildman–Crippen MR) is 142 cm³/mol. The smallest absolute Gasteiger partial charge is 0.243 e. The summed E-state index contributed by atoms with van der Waals surface area (Å²) in [6.45, 7) is 3.80. The van der Waals surface area contributed by atoms with E-state index in [4.69, 9.17) is 5.73 Å². The van der Waals surface area contributed by atoms with Crippen LogP contribution in [0.5, 0.6) is 0 Å². The Hall–Kier alpha value is -2.70. The second-order valence-corrected chi connectivity index (χ2v) is 9.74. The molecule has 6 nitrogen and oxygen atoms in total. The molecule has 0 aliphatic heterocycles. The number of hydrogen-bond donors (Lipinski definition) is 4. The van der Waals surface area contributed by atoms with E-state index in [1.807, 2.05) is 54.6 Å². The Balaban J connectivity index is 1.67. The topological polar surface area (TPSA) is 96.2 Å². The maximum atomic E-state index is 13.4. The molecule has 2 aromatic rings.